The summed E-state index contributed by atoms with van der Waals surface area (Å²) < 4.78 is 10.5. The lowest BCUT2D eigenvalue weighted by molar-refractivity contribution is -0.140. The molecule has 1 atom stereocenters. The van der Waals surface area contributed by atoms with E-state index in [1.165, 1.54) is 0 Å². The number of carbonyl (C=O) groups is 2. The molecule has 0 fully saturated rings. The predicted molar refractivity (Wildman–Crippen MR) is 81.5 cm³/mol. The summed E-state index contributed by atoms with van der Waals surface area (Å²) in [4.78, 5) is 21.7. The van der Waals surface area contributed by atoms with Crippen molar-refractivity contribution in [3.8, 4) is 5.88 Å². The lowest BCUT2D eigenvalue weighted by atomic mass is 9.91. The Hall–Kier alpha value is -2.09. The number of aromatic nitrogens is 1. The van der Waals surface area contributed by atoms with Crippen LogP contribution < -0.4 is 10.5 Å². The standard InChI is InChI=1S/C15H24N2O6/c1-3-5-9(6-4-2)13-10(7-11(16)15(20)21)14(17-23-13)22-8-12(18)19/h9,11H,3-8,16H2,1-2H3,(H,18,19)(H,20,21). The van der Waals surface area contributed by atoms with Crippen LogP contribution in [0.3, 0.4) is 0 Å². The summed E-state index contributed by atoms with van der Waals surface area (Å²) >= 11 is 0. The van der Waals surface area contributed by atoms with Crippen LogP contribution in [0.1, 0.15) is 56.8 Å². The molecule has 0 spiro atoms. The lowest BCUT2D eigenvalue weighted by Gasteiger charge is -2.15. The molecule has 8 heteroatoms. The van der Waals surface area contributed by atoms with Gasteiger partial charge in [-0.15, -0.1) is 0 Å². The van der Waals surface area contributed by atoms with Gasteiger partial charge in [-0.25, -0.2) is 4.79 Å². The molecule has 0 aromatic carbocycles. The third-order valence-electron chi connectivity index (χ3n) is 3.50. The molecule has 4 N–H and O–H groups in total. The minimum atomic E-state index is -1.15. The molecule has 0 radical (unpaired) electrons. The van der Waals surface area contributed by atoms with Gasteiger partial charge in [-0.05, 0) is 18.0 Å². The molecule has 0 saturated carbocycles. The van der Waals surface area contributed by atoms with Crippen molar-refractivity contribution < 1.29 is 29.1 Å². The van der Waals surface area contributed by atoms with Gasteiger partial charge in [0, 0.05) is 12.3 Å². The average Bonchev–Trinajstić information content (AvgIpc) is 2.87. The van der Waals surface area contributed by atoms with Crippen LogP contribution in [0.2, 0.25) is 0 Å². The monoisotopic (exact) mass is 328 g/mol. The van der Waals surface area contributed by atoms with Gasteiger partial charge in [-0.2, -0.15) is 0 Å². The molecule has 1 unspecified atom stereocenters. The maximum absolute atomic E-state index is 11.0. The van der Waals surface area contributed by atoms with Crippen molar-refractivity contribution in [2.24, 2.45) is 5.73 Å². The summed E-state index contributed by atoms with van der Waals surface area (Å²) in [6.45, 7) is 3.51. The van der Waals surface area contributed by atoms with Gasteiger partial charge < -0.3 is 25.2 Å². The maximum Gasteiger partial charge on any atom is 0.341 e. The first-order valence-corrected chi connectivity index (χ1v) is 7.72. The van der Waals surface area contributed by atoms with Crippen molar-refractivity contribution in [3.05, 3.63) is 11.3 Å². The van der Waals surface area contributed by atoms with E-state index in [0.717, 1.165) is 25.7 Å². The summed E-state index contributed by atoms with van der Waals surface area (Å²) in [6, 6.07) is -1.13. The number of hydrogen-bond acceptors (Lipinski definition) is 6. The molecule has 130 valence electrons. The third-order valence-corrected chi connectivity index (χ3v) is 3.50. The first kappa shape index (κ1) is 19.0. The smallest absolute Gasteiger partial charge is 0.341 e. The highest BCUT2D eigenvalue weighted by Crippen LogP contribution is 2.34. The van der Waals surface area contributed by atoms with Crippen LogP contribution in [0.4, 0.5) is 0 Å². The first-order valence-electron chi connectivity index (χ1n) is 7.72. The van der Waals surface area contributed by atoms with Crippen LogP contribution in [0.5, 0.6) is 5.88 Å². The number of nitrogens with two attached hydrogens (primary N) is 1. The number of carboxylic acid groups (broad SMARTS) is 2. The number of aliphatic carboxylic acids is 2. The van der Waals surface area contributed by atoms with Gasteiger partial charge in [0.05, 0.1) is 5.56 Å². The Morgan fingerprint density at radius 1 is 1.26 bits per heavy atom. The summed E-state index contributed by atoms with van der Waals surface area (Å²) in [5.41, 5.74) is 6.06. The van der Waals surface area contributed by atoms with E-state index in [-0.39, 0.29) is 18.2 Å². The Balaban J connectivity index is 3.11. The zero-order valence-corrected chi connectivity index (χ0v) is 13.4. The van der Waals surface area contributed by atoms with E-state index >= 15 is 0 Å². The normalized spacial score (nSPS) is 12.3. The third kappa shape index (κ3) is 5.55. The van der Waals surface area contributed by atoms with Crippen molar-refractivity contribution >= 4 is 11.9 Å². The molecule has 0 bridgehead atoms. The Morgan fingerprint density at radius 3 is 2.35 bits per heavy atom. The van der Waals surface area contributed by atoms with Crippen molar-refractivity contribution in [1.29, 1.82) is 0 Å². The minimum Gasteiger partial charge on any atom is -0.480 e. The quantitative estimate of drug-likeness (QED) is 0.559. The summed E-state index contributed by atoms with van der Waals surface area (Å²) in [5.74, 6) is -1.66. The maximum atomic E-state index is 11.0. The van der Waals surface area contributed by atoms with Crippen molar-refractivity contribution in [1.82, 2.24) is 5.16 Å². The summed E-state index contributed by atoms with van der Waals surface area (Å²) in [5, 5.41) is 21.5. The van der Waals surface area contributed by atoms with Gasteiger partial charge in [0.2, 0.25) is 0 Å². The molecule has 8 nitrogen and oxygen atoms in total. The fourth-order valence-corrected chi connectivity index (χ4v) is 2.47. The van der Waals surface area contributed by atoms with E-state index in [1.807, 2.05) is 13.8 Å². The average molecular weight is 328 g/mol. The zero-order valence-electron chi connectivity index (χ0n) is 13.4. The van der Waals surface area contributed by atoms with Crippen LogP contribution in [0.25, 0.3) is 0 Å². The van der Waals surface area contributed by atoms with Gasteiger partial charge in [0.1, 0.15) is 11.8 Å². The number of carboxylic acids is 2. The molecule has 0 aliphatic rings. The second-order valence-corrected chi connectivity index (χ2v) is 5.44. The summed E-state index contributed by atoms with van der Waals surface area (Å²) in [6.07, 6.45) is 3.56. The highest BCUT2D eigenvalue weighted by atomic mass is 16.5. The van der Waals surface area contributed by atoms with Crippen LogP contribution in [-0.2, 0) is 16.0 Å². The van der Waals surface area contributed by atoms with Crippen molar-refractivity contribution in [2.75, 3.05) is 6.61 Å². The van der Waals surface area contributed by atoms with Gasteiger partial charge in [0.15, 0.2) is 6.61 Å². The lowest BCUT2D eigenvalue weighted by Crippen LogP contribution is -2.32. The van der Waals surface area contributed by atoms with E-state index in [0.29, 0.717) is 11.3 Å². The van der Waals surface area contributed by atoms with E-state index < -0.39 is 24.6 Å². The van der Waals surface area contributed by atoms with Crippen LogP contribution in [0.15, 0.2) is 4.52 Å². The molecular formula is C15H24N2O6. The molecule has 1 aromatic heterocycles. The molecule has 0 saturated heterocycles. The number of hydrogen-bond donors (Lipinski definition) is 3. The fraction of sp³-hybridized carbons (Fsp3) is 0.667. The van der Waals surface area contributed by atoms with Gasteiger partial charge in [-0.3, -0.25) is 4.79 Å². The van der Waals surface area contributed by atoms with Crippen molar-refractivity contribution in [3.63, 3.8) is 0 Å². The van der Waals surface area contributed by atoms with Crippen LogP contribution >= 0.6 is 0 Å². The highest BCUT2D eigenvalue weighted by molar-refractivity contribution is 5.73. The fourth-order valence-electron chi connectivity index (χ4n) is 2.47. The number of ether oxygens (including phenoxy) is 1. The molecule has 23 heavy (non-hydrogen) atoms. The molecule has 1 heterocycles. The summed E-state index contributed by atoms with van der Waals surface area (Å²) in [7, 11) is 0. The van der Waals surface area contributed by atoms with Crippen molar-refractivity contribution in [2.45, 2.75) is 57.9 Å². The zero-order chi connectivity index (χ0) is 17.4. The Morgan fingerprint density at radius 2 is 1.87 bits per heavy atom. The first-order chi connectivity index (χ1) is 10.9. The molecule has 0 aliphatic carbocycles. The van der Waals surface area contributed by atoms with Gasteiger partial charge >= 0.3 is 11.9 Å². The Bertz CT molecular complexity index is 522. The van der Waals surface area contributed by atoms with E-state index in [9.17, 15) is 9.59 Å². The topological polar surface area (TPSA) is 136 Å². The predicted octanol–water partition coefficient (Wildman–Crippen LogP) is 1.78. The van der Waals surface area contributed by atoms with E-state index in [4.69, 9.17) is 25.2 Å². The molecule has 0 aliphatic heterocycles. The van der Waals surface area contributed by atoms with Crippen LogP contribution in [-0.4, -0.2) is 40.0 Å². The number of rotatable bonds is 11. The number of nitrogens with zero attached hydrogens (tertiary/aromatic N) is 1. The van der Waals surface area contributed by atoms with Gasteiger partial charge in [-0.1, -0.05) is 26.7 Å². The molecule has 1 aromatic rings. The Kier molecular flexibility index (Phi) is 7.53. The Labute approximate surface area is 134 Å². The largest absolute Gasteiger partial charge is 0.480 e. The van der Waals surface area contributed by atoms with Gasteiger partial charge in [0.25, 0.3) is 5.88 Å². The SMILES string of the molecule is CCCC(CCC)c1onc(OCC(=O)O)c1CC(N)C(=O)O. The minimum absolute atomic E-state index is 0.0105. The second kappa shape index (κ2) is 9.14. The molecular weight excluding hydrogens is 304 g/mol. The second-order valence-electron chi connectivity index (χ2n) is 5.44. The highest BCUT2D eigenvalue weighted by Gasteiger charge is 2.27. The van der Waals surface area contributed by atoms with E-state index in [2.05, 4.69) is 5.16 Å². The molecule has 1 rings (SSSR count). The molecule has 0 amide bonds. The van der Waals surface area contributed by atoms with E-state index in [1.54, 1.807) is 0 Å². The van der Waals surface area contributed by atoms with Crippen LogP contribution in [0, 0.1) is 0 Å².